The summed E-state index contributed by atoms with van der Waals surface area (Å²) >= 11 is 0. The van der Waals surface area contributed by atoms with E-state index in [4.69, 9.17) is 0 Å². The molecular formula is C15H25N3O. The summed E-state index contributed by atoms with van der Waals surface area (Å²) < 4.78 is 0. The molecule has 1 aromatic heterocycles. The van der Waals surface area contributed by atoms with Crippen LogP contribution < -0.4 is 10.2 Å². The average Bonchev–Trinajstić information content (AvgIpc) is 2.89. The number of hydrogen-bond acceptors (Lipinski definition) is 4. The lowest BCUT2D eigenvalue weighted by Crippen LogP contribution is -2.38. The zero-order valence-corrected chi connectivity index (χ0v) is 12.2. The number of aliphatic hydroxyl groups is 1. The Bertz CT molecular complexity index is 408. The number of anilines is 1. The fourth-order valence-corrected chi connectivity index (χ4v) is 2.25. The third-order valence-corrected chi connectivity index (χ3v) is 3.35. The summed E-state index contributed by atoms with van der Waals surface area (Å²) in [6.45, 7) is 8.95. The zero-order chi connectivity index (χ0) is 13.9. The summed E-state index contributed by atoms with van der Waals surface area (Å²) in [5.74, 6) is 0.991. The van der Waals surface area contributed by atoms with Gasteiger partial charge in [0.1, 0.15) is 11.9 Å². The first-order valence-electron chi connectivity index (χ1n) is 7.11. The summed E-state index contributed by atoms with van der Waals surface area (Å²) in [6, 6.07) is 5.91. The van der Waals surface area contributed by atoms with Crippen LogP contribution in [0.1, 0.15) is 45.4 Å². The third kappa shape index (κ3) is 4.18. The summed E-state index contributed by atoms with van der Waals surface area (Å²) in [6.07, 6.45) is 1.92. The molecule has 0 spiro atoms. The van der Waals surface area contributed by atoms with Gasteiger partial charge in [0.05, 0.1) is 5.69 Å². The number of aromatic nitrogens is 1. The maximum atomic E-state index is 10.2. The van der Waals surface area contributed by atoms with Crippen LogP contribution in [0.5, 0.6) is 0 Å². The van der Waals surface area contributed by atoms with E-state index in [0.29, 0.717) is 6.54 Å². The number of nitrogens with one attached hydrogen (secondary N) is 1. The Morgan fingerprint density at radius 2 is 2.00 bits per heavy atom. The van der Waals surface area contributed by atoms with E-state index in [1.807, 2.05) is 18.2 Å². The second-order valence-electron chi connectivity index (χ2n) is 6.26. The normalized spacial score (nSPS) is 17.8. The Balaban J connectivity index is 2.01. The Morgan fingerprint density at radius 1 is 1.32 bits per heavy atom. The predicted octanol–water partition coefficient (Wildman–Crippen LogP) is 2.10. The maximum absolute atomic E-state index is 10.2. The van der Waals surface area contributed by atoms with E-state index >= 15 is 0 Å². The molecule has 2 N–H and O–H groups in total. The van der Waals surface area contributed by atoms with E-state index in [0.717, 1.165) is 24.6 Å². The molecule has 2 heterocycles. The van der Waals surface area contributed by atoms with Crippen molar-refractivity contribution in [2.45, 2.75) is 45.3 Å². The molecule has 1 saturated heterocycles. The van der Waals surface area contributed by atoms with Crippen molar-refractivity contribution in [3.8, 4) is 0 Å². The molecule has 1 aromatic rings. The van der Waals surface area contributed by atoms with E-state index in [-0.39, 0.29) is 5.54 Å². The molecule has 0 aromatic carbocycles. The zero-order valence-electron chi connectivity index (χ0n) is 12.2. The molecule has 2 rings (SSSR count). The van der Waals surface area contributed by atoms with Crippen LogP contribution in [0, 0.1) is 0 Å². The molecule has 1 fully saturated rings. The highest BCUT2D eigenvalue weighted by atomic mass is 16.3. The largest absolute Gasteiger partial charge is 0.385 e. The molecule has 0 saturated carbocycles. The average molecular weight is 263 g/mol. The minimum absolute atomic E-state index is 0.00748. The van der Waals surface area contributed by atoms with Crippen LogP contribution in [0.15, 0.2) is 18.2 Å². The van der Waals surface area contributed by atoms with Crippen LogP contribution in [0.4, 0.5) is 5.82 Å². The lowest BCUT2D eigenvalue weighted by Gasteiger charge is -2.23. The fourth-order valence-electron chi connectivity index (χ4n) is 2.25. The van der Waals surface area contributed by atoms with Crippen LogP contribution in [0.3, 0.4) is 0 Å². The maximum Gasteiger partial charge on any atom is 0.128 e. The smallest absolute Gasteiger partial charge is 0.128 e. The lowest BCUT2D eigenvalue weighted by atomic mass is 10.1. The molecule has 19 heavy (non-hydrogen) atoms. The number of β-amino-alcohol motifs (C(OH)–C–C–N with tert-alkyl or cyclic N) is 1. The first-order chi connectivity index (χ1) is 8.96. The van der Waals surface area contributed by atoms with Crippen molar-refractivity contribution in [3.05, 3.63) is 23.9 Å². The SMILES string of the molecule is CC(C)(C)NCC(O)c1cccc(N2CCCC2)n1. The molecule has 0 bridgehead atoms. The monoisotopic (exact) mass is 263 g/mol. The van der Waals surface area contributed by atoms with Gasteiger partial charge >= 0.3 is 0 Å². The minimum atomic E-state index is -0.554. The number of nitrogens with zero attached hydrogens (tertiary/aromatic N) is 2. The van der Waals surface area contributed by atoms with E-state index in [1.165, 1.54) is 12.8 Å². The number of rotatable bonds is 4. The molecule has 1 aliphatic heterocycles. The summed E-state index contributed by atoms with van der Waals surface area (Å²) in [5.41, 5.74) is 0.759. The molecule has 1 unspecified atom stereocenters. The summed E-state index contributed by atoms with van der Waals surface area (Å²) in [5, 5.41) is 13.5. The van der Waals surface area contributed by atoms with Crippen LogP contribution in [-0.2, 0) is 0 Å². The molecule has 0 radical (unpaired) electrons. The van der Waals surface area contributed by atoms with E-state index < -0.39 is 6.10 Å². The Labute approximate surface area is 115 Å². The fraction of sp³-hybridized carbons (Fsp3) is 0.667. The van der Waals surface area contributed by atoms with Gasteiger partial charge in [0, 0.05) is 25.2 Å². The van der Waals surface area contributed by atoms with Gasteiger partial charge in [0.25, 0.3) is 0 Å². The van der Waals surface area contributed by atoms with Crippen molar-refractivity contribution in [2.75, 3.05) is 24.5 Å². The first kappa shape index (κ1) is 14.3. The minimum Gasteiger partial charge on any atom is -0.385 e. The highest BCUT2D eigenvalue weighted by Gasteiger charge is 2.17. The van der Waals surface area contributed by atoms with Crippen molar-refractivity contribution in [1.29, 1.82) is 0 Å². The number of aliphatic hydroxyl groups excluding tert-OH is 1. The summed E-state index contributed by atoms with van der Waals surface area (Å²) in [4.78, 5) is 6.88. The molecule has 4 nitrogen and oxygen atoms in total. The van der Waals surface area contributed by atoms with Gasteiger partial charge in [-0.2, -0.15) is 0 Å². The van der Waals surface area contributed by atoms with Crippen LogP contribution in [0.25, 0.3) is 0 Å². The van der Waals surface area contributed by atoms with Gasteiger partial charge in [-0.05, 0) is 45.7 Å². The van der Waals surface area contributed by atoms with Crippen molar-refractivity contribution in [3.63, 3.8) is 0 Å². The van der Waals surface area contributed by atoms with Crippen molar-refractivity contribution >= 4 is 5.82 Å². The van der Waals surface area contributed by atoms with Gasteiger partial charge in [0.2, 0.25) is 0 Å². The second-order valence-corrected chi connectivity index (χ2v) is 6.26. The quantitative estimate of drug-likeness (QED) is 0.873. The first-order valence-corrected chi connectivity index (χ1v) is 7.11. The van der Waals surface area contributed by atoms with Crippen LogP contribution >= 0.6 is 0 Å². The Morgan fingerprint density at radius 3 is 2.63 bits per heavy atom. The molecule has 1 atom stereocenters. The van der Waals surface area contributed by atoms with Crippen LogP contribution in [-0.4, -0.2) is 35.3 Å². The van der Waals surface area contributed by atoms with Crippen molar-refractivity contribution < 1.29 is 5.11 Å². The van der Waals surface area contributed by atoms with Gasteiger partial charge in [-0.15, -0.1) is 0 Å². The Kier molecular flexibility index (Phi) is 4.42. The van der Waals surface area contributed by atoms with Gasteiger partial charge < -0.3 is 15.3 Å². The predicted molar refractivity (Wildman–Crippen MR) is 78.4 cm³/mol. The highest BCUT2D eigenvalue weighted by molar-refractivity contribution is 5.40. The molecule has 0 amide bonds. The van der Waals surface area contributed by atoms with Crippen molar-refractivity contribution in [1.82, 2.24) is 10.3 Å². The van der Waals surface area contributed by atoms with E-state index in [9.17, 15) is 5.11 Å². The standard InChI is InChI=1S/C15H25N3O/c1-15(2,3)16-11-13(19)12-7-6-8-14(17-12)18-9-4-5-10-18/h6-8,13,16,19H,4-5,9-11H2,1-3H3. The Hall–Kier alpha value is -1.13. The summed E-state index contributed by atoms with van der Waals surface area (Å²) in [7, 11) is 0. The lowest BCUT2D eigenvalue weighted by molar-refractivity contribution is 0.159. The van der Waals surface area contributed by atoms with Gasteiger partial charge in [-0.3, -0.25) is 0 Å². The van der Waals surface area contributed by atoms with E-state index in [1.54, 1.807) is 0 Å². The van der Waals surface area contributed by atoms with Crippen molar-refractivity contribution in [2.24, 2.45) is 0 Å². The molecule has 4 heteroatoms. The second kappa shape index (κ2) is 5.88. The third-order valence-electron chi connectivity index (χ3n) is 3.35. The topological polar surface area (TPSA) is 48.4 Å². The number of pyridine rings is 1. The highest BCUT2D eigenvalue weighted by Crippen LogP contribution is 2.20. The molecule has 1 aliphatic rings. The molecular weight excluding hydrogens is 238 g/mol. The van der Waals surface area contributed by atoms with Crippen LogP contribution in [0.2, 0.25) is 0 Å². The van der Waals surface area contributed by atoms with Gasteiger partial charge in [0.15, 0.2) is 0 Å². The van der Waals surface area contributed by atoms with Gasteiger partial charge in [-0.1, -0.05) is 6.07 Å². The number of hydrogen-bond donors (Lipinski definition) is 2. The van der Waals surface area contributed by atoms with Gasteiger partial charge in [-0.25, -0.2) is 4.98 Å². The molecule has 106 valence electrons. The molecule has 0 aliphatic carbocycles. The van der Waals surface area contributed by atoms with E-state index in [2.05, 4.69) is 36.0 Å².